The molecule has 0 unspecified atom stereocenters. The van der Waals surface area contributed by atoms with Crippen LogP contribution in [0, 0.1) is 0 Å². The first-order chi connectivity index (χ1) is 9.29. The summed E-state index contributed by atoms with van der Waals surface area (Å²) in [4.78, 5) is 5.90. The van der Waals surface area contributed by atoms with Gasteiger partial charge in [0.1, 0.15) is 11.3 Å². The Morgan fingerprint density at radius 3 is 3.00 bits per heavy atom. The molecule has 0 aliphatic rings. The molecule has 3 aromatic heterocycles. The minimum Gasteiger partial charge on any atom is -0.330 e. The van der Waals surface area contributed by atoms with Gasteiger partial charge in [-0.1, -0.05) is 17.7 Å². The molecule has 0 atom stereocenters. The second kappa shape index (κ2) is 5.33. The Morgan fingerprint density at radius 2 is 2.26 bits per heavy atom. The standard InChI is InChI=1S/C14H14ClN3S/c15-10-5-7-18-11(3-1-6-16)14(17-13(18)9-10)12-4-2-8-19-12/h2,4-5,7-9H,1,3,6,16H2. The van der Waals surface area contributed by atoms with Crippen molar-refractivity contribution in [3.05, 3.63) is 46.6 Å². The third-order valence-electron chi connectivity index (χ3n) is 3.06. The zero-order valence-electron chi connectivity index (χ0n) is 10.3. The Morgan fingerprint density at radius 1 is 1.37 bits per heavy atom. The summed E-state index contributed by atoms with van der Waals surface area (Å²) in [6.45, 7) is 0.685. The quantitative estimate of drug-likeness (QED) is 0.798. The summed E-state index contributed by atoms with van der Waals surface area (Å²) in [5.74, 6) is 0. The van der Waals surface area contributed by atoms with Gasteiger partial charge >= 0.3 is 0 Å². The van der Waals surface area contributed by atoms with Crippen LogP contribution in [0.1, 0.15) is 12.1 Å². The summed E-state index contributed by atoms with van der Waals surface area (Å²) in [5.41, 5.74) is 8.78. The topological polar surface area (TPSA) is 43.3 Å². The Balaban J connectivity index is 2.18. The van der Waals surface area contributed by atoms with Crippen LogP contribution in [0.5, 0.6) is 0 Å². The van der Waals surface area contributed by atoms with Crippen LogP contribution in [0.4, 0.5) is 0 Å². The number of nitrogens with two attached hydrogens (primary N) is 1. The molecule has 0 amide bonds. The van der Waals surface area contributed by atoms with Crippen molar-refractivity contribution in [1.82, 2.24) is 9.38 Å². The zero-order valence-corrected chi connectivity index (χ0v) is 11.9. The summed E-state index contributed by atoms with van der Waals surface area (Å²) < 4.78 is 2.11. The zero-order chi connectivity index (χ0) is 13.2. The summed E-state index contributed by atoms with van der Waals surface area (Å²) in [6, 6.07) is 7.93. The number of rotatable bonds is 4. The number of hydrogen-bond donors (Lipinski definition) is 1. The lowest BCUT2D eigenvalue weighted by Gasteiger charge is -2.03. The number of hydrogen-bond acceptors (Lipinski definition) is 3. The number of aromatic nitrogens is 2. The van der Waals surface area contributed by atoms with Crippen molar-refractivity contribution < 1.29 is 0 Å². The highest BCUT2D eigenvalue weighted by atomic mass is 35.5. The number of halogens is 1. The number of pyridine rings is 1. The predicted octanol–water partition coefficient (Wildman–Crippen LogP) is 3.61. The van der Waals surface area contributed by atoms with Gasteiger partial charge in [-0.3, -0.25) is 0 Å². The van der Waals surface area contributed by atoms with Crippen LogP contribution in [0.25, 0.3) is 16.2 Å². The summed E-state index contributed by atoms with van der Waals surface area (Å²) in [7, 11) is 0. The lowest BCUT2D eigenvalue weighted by Crippen LogP contribution is -2.02. The maximum atomic E-state index is 6.04. The molecule has 0 aliphatic carbocycles. The average molecular weight is 292 g/mol. The fraction of sp³-hybridized carbons (Fsp3) is 0.214. The van der Waals surface area contributed by atoms with Crippen LogP contribution >= 0.6 is 22.9 Å². The highest BCUT2D eigenvalue weighted by Gasteiger charge is 2.14. The van der Waals surface area contributed by atoms with Crippen molar-refractivity contribution in [2.75, 3.05) is 6.54 Å². The van der Waals surface area contributed by atoms with E-state index in [1.807, 2.05) is 24.4 Å². The number of aryl methyl sites for hydroxylation is 1. The first-order valence-electron chi connectivity index (χ1n) is 6.20. The smallest absolute Gasteiger partial charge is 0.139 e. The Labute approximate surface area is 120 Å². The molecule has 0 aromatic carbocycles. The van der Waals surface area contributed by atoms with E-state index in [2.05, 4.69) is 15.8 Å². The van der Waals surface area contributed by atoms with Gasteiger partial charge in [-0.25, -0.2) is 4.98 Å². The van der Waals surface area contributed by atoms with Gasteiger partial charge in [0, 0.05) is 17.3 Å². The summed E-state index contributed by atoms with van der Waals surface area (Å²) >= 11 is 7.74. The van der Waals surface area contributed by atoms with Crippen LogP contribution < -0.4 is 5.73 Å². The average Bonchev–Trinajstić information content (AvgIpc) is 3.02. The minimum absolute atomic E-state index is 0.685. The third kappa shape index (κ3) is 2.39. The van der Waals surface area contributed by atoms with E-state index in [9.17, 15) is 0 Å². The number of fused-ring (bicyclic) bond motifs is 1. The van der Waals surface area contributed by atoms with Crippen molar-refractivity contribution in [1.29, 1.82) is 0 Å². The van der Waals surface area contributed by atoms with Gasteiger partial charge in [0.2, 0.25) is 0 Å². The molecule has 5 heteroatoms. The number of thiophene rings is 1. The first kappa shape index (κ1) is 12.7. The van der Waals surface area contributed by atoms with E-state index in [1.54, 1.807) is 11.3 Å². The van der Waals surface area contributed by atoms with Crippen LogP contribution in [0.3, 0.4) is 0 Å². The molecule has 3 aromatic rings. The fourth-order valence-corrected chi connectivity index (χ4v) is 3.08. The fourth-order valence-electron chi connectivity index (χ4n) is 2.19. The normalized spacial score (nSPS) is 11.3. The van der Waals surface area contributed by atoms with Gasteiger partial charge < -0.3 is 10.1 Å². The molecule has 3 heterocycles. The molecule has 2 N–H and O–H groups in total. The summed E-state index contributed by atoms with van der Waals surface area (Å²) in [6.07, 6.45) is 3.86. The van der Waals surface area contributed by atoms with Crippen molar-refractivity contribution in [2.24, 2.45) is 5.73 Å². The minimum atomic E-state index is 0.685. The van der Waals surface area contributed by atoms with Crippen LogP contribution in [0.15, 0.2) is 35.8 Å². The van der Waals surface area contributed by atoms with Gasteiger partial charge in [0.15, 0.2) is 0 Å². The molecule has 3 nitrogen and oxygen atoms in total. The summed E-state index contributed by atoms with van der Waals surface area (Å²) in [5, 5.41) is 2.78. The molecule has 0 fully saturated rings. The number of imidazole rings is 1. The van der Waals surface area contributed by atoms with Gasteiger partial charge in [0.25, 0.3) is 0 Å². The Kier molecular flexibility index (Phi) is 3.55. The molecule has 19 heavy (non-hydrogen) atoms. The highest BCUT2D eigenvalue weighted by molar-refractivity contribution is 7.13. The monoisotopic (exact) mass is 291 g/mol. The molecule has 0 saturated carbocycles. The second-order valence-electron chi connectivity index (χ2n) is 4.35. The lowest BCUT2D eigenvalue weighted by molar-refractivity contribution is 0.804. The van der Waals surface area contributed by atoms with Gasteiger partial charge in [-0.05, 0) is 36.9 Å². The maximum Gasteiger partial charge on any atom is 0.139 e. The molecule has 3 rings (SSSR count). The second-order valence-corrected chi connectivity index (χ2v) is 5.73. The van der Waals surface area contributed by atoms with E-state index in [0.717, 1.165) is 24.2 Å². The maximum absolute atomic E-state index is 6.04. The van der Waals surface area contributed by atoms with E-state index < -0.39 is 0 Å². The van der Waals surface area contributed by atoms with Crippen LogP contribution in [-0.2, 0) is 6.42 Å². The molecule has 0 bridgehead atoms. The largest absolute Gasteiger partial charge is 0.330 e. The van der Waals surface area contributed by atoms with Crippen molar-refractivity contribution in [2.45, 2.75) is 12.8 Å². The SMILES string of the molecule is NCCCc1c(-c2cccs2)nc2cc(Cl)ccn12. The first-order valence-corrected chi connectivity index (χ1v) is 7.46. The van der Waals surface area contributed by atoms with Crippen molar-refractivity contribution >= 4 is 28.6 Å². The van der Waals surface area contributed by atoms with Gasteiger partial charge in [-0.15, -0.1) is 11.3 Å². The highest BCUT2D eigenvalue weighted by Crippen LogP contribution is 2.29. The third-order valence-corrected chi connectivity index (χ3v) is 4.17. The molecule has 0 spiro atoms. The molecule has 0 aliphatic heterocycles. The van der Waals surface area contributed by atoms with E-state index in [-0.39, 0.29) is 0 Å². The Hall–Kier alpha value is -1.36. The van der Waals surface area contributed by atoms with E-state index in [0.29, 0.717) is 11.6 Å². The van der Waals surface area contributed by atoms with Crippen molar-refractivity contribution in [3.8, 4) is 10.6 Å². The van der Waals surface area contributed by atoms with Crippen LogP contribution in [0.2, 0.25) is 5.02 Å². The van der Waals surface area contributed by atoms with Crippen molar-refractivity contribution in [3.63, 3.8) is 0 Å². The number of nitrogens with zero attached hydrogens (tertiary/aromatic N) is 2. The predicted molar refractivity (Wildman–Crippen MR) is 80.9 cm³/mol. The molecule has 0 radical (unpaired) electrons. The van der Waals surface area contributed by atoms with Crippen LogP contribution in [-0.4, -0.2) is 15.9 Å². The van der Waals surface area contributed by atoms with Gasteiger partial charge in [0.05, 0.1) is 10.6 Å². The molecular formula is C14H14ClN3S. The van der Waals surface area contributed by atoms with E-state index >= 15 is 0 Å². The molecule has 98 valence electrons. The lowest BCUT2D eigenvalue weighted by atomic mass is 10.2. The molecular weight excluding hydrogens is 278 g/mol. The van der Waals surface area contributed by atoms with E-state index in [1.165, 1.54) is 10.6 Å². The van der Waals surface area contributed by atoms with Gasteiger partial charge in [-0.2, -0.15) is 0 Å². The Bertz CT molecular complexity index is 688. The molecule has 0 saturated heterocycles. The van der Waals surface area contributed by atoms with E-state index in [4.69, 9.17) is 22.3 Å².